The summed E-state index contributed by atoms with van der Waals surface area (Å²) in [5, 5.41) is 7.97. The Balaban J connectivity index is 1.72. The molecule has 1 N–H and O–H groups in total. The molecule has 0 fully saturated rings. The summed E-state index contributed by atoms with van der Waals surface area (Å²) in [5.74, 6) is 1.21. The van der Waals surface area contributed by atoms with Gasteiger partial charge in [0.2, 0.25) is 0 Å². The van der Waals surface area contributed by atoms with Crippen molar-refractivity contribution < 1.29 is 9.32 Å². The minimum atomic E-state index is -0.253. The molecule has 0 aliphatic heterocycles. The zero-order valence-electron chi connectivity index (χ0n) is 14.8. The second kappa shape index (κ2) is 8.83. The molecule has 3 aromatic rings. The molecule has 0 saturated carbocycles. The molecule has 0 aliphatic carbocycles. The minimum Gasteiger partial charge on any atom is -0.360 e. The smallest absolute Gasteiger partial charge is 0.252 e. The van der Waals surface area contributed by atoms with E-state index < -0.39 is 0 Å². The van der Waals surface area contributed by atoms with Crippen molar-refractivity contribution in [2.75, 3.05) is 0 Å². The maximum atomic E-state index is 12.8. The molecule has 3 rings (SSSR count). The lowest BCUT2D eigenvalue weighted by Gasteiger charge is -2.17. The normalized spacial score (nSPS) is 12.0. The number of halogens is 2. The van der Waals surface area contributed by atoms with Gasteiger partial charge >= 0.3 is 0 Å². The zero-order valence-corrected chi connectivity index (χ0v) is 17.2. The number of thioether (sulfide) groups is 1. The molecule has 1 atom stereocenters. The largest absolute Gasteiger partial charge is 0.360 e. The van der Waals surface area contributed by atoms with Crippen LogP contribution in [0.1, 0.15) is 40.3 Å². The summed E-state index contributed by atoms with van der Waals surface area (Å²) in [5.41, 5.74) is 2.26. The molecule has 0 spiro atoms. The number of nitrogens with one attached hydrogen (secondary N) is 1. The van der Waals surface area contributed by atoms with E-state index in [1.54, 1.807) is 18.2 Å². The Morgan fingerprint density at radius 3 is 2.70 bits per heavy atom. The van der Waals surface area contributed by atoms with E-state index in [1.165, 1.54) is 11.8 Å². The van der Waals surface area contributed by atoms with Crippen LogP contribution in [0.4, 0.5) is 0 Å². The van der Waals surface area contributed by atoms with Crippen molar-refractivity contribution in [3.8, 4) is 0 Å². The number of amides is 1. The van der Waals surface area contributed by atoms with Gasteiger partial charge in [-0.3, -0.25) is 4.79 Å². The number of carbonyl (C=O) groups excluding carboxylic acids is 1. The Kier molecular flexibility index (Phi) is 6.47. The first-order valence-corrected chi connectivity index (χ1v) is 10.1. The van der Waals surface area contributed by atoms with Gasteiger partial charge in [-0.05, 0) is 43.7 Å². The van der Waals surface area contributed by atoms with Crippen molar-refractivity contribution in [3.63, 3.8) is 0 Å². The van der Waals surface area contributed by atoms with Crippen LogP contribution in [-0.4, -0.2) is 11.1 Å². The number of hydrogen-bond acceptors (Lipinski definition) is 4. The first kappa shape index (κ1) is 19.8. The first-order valence-electron chi connectivity index (χ1n) is 8.34. The molecule has 27 heavy (non-hydrogen) atoms. The number of aryl methyl sites for hydroxylation is 1. The van der Waals surface area contributed by atoms with Crippen LogP contribution in [0.3, 0.4) is 0 Å². The first-order chi connectivity index (χ1) is 12.9. The van der Waals surface area contributed by atoms with E-state index in [2.05, 4.69) is 10.5 Å². The Labute approximate surface area is 172 Å². The van der Waals surface area contributed by atoms with Gasteiger partial charge in [0.15, 0.2) is 0 Å². The highest BCUT2D eigenvalue weighted by Crippen LogP contribution is 2.29. The average Bonchev–Trinajstić information content (AvgIpc) is 3.05. The van der Waals surface area contributed by atoms with E-state index in [0.717, 1.165) is 21.9 Å². The molecule has 0 saturated heterocycles. The van der Waals surface area contributed by atoms with Gasteiger partial charge in [-0.2, -0.15) is 0 Å². The number of rotatable bonds is 6. The second-order valence-electron chi connectivity index (χ2n) is 6.08. The van der Waals surface area contributed by atoms with Gasteiger partial charge < -0.3 is 9.84 Å². The number of aromatic nitrogens is 1. The monoisotopic (exact) mass is 420 g/mol. The van der Waals surface area contributed by atoms with Crippen LogP contribution in [-0.2, 0) is 5.75 Å². The summed E-state index contributed by atoms with van der Waals surface area (Å²) in [7, 11) is 0. The Morgan fingerprint density at radius 1 is 1.22 bits per heavy atom. The molecule has 0 bridgehead atoms. The van der Waals surface area contributed by atoms with E-state index in [4.69, 9.17) is 27.7 Å². The van der Waals surface area contributed by atoms with E-state index in [9.17, 15) is 4.79 Å². The van der Waals surface area contributed by atoms with E-state index in [1.807, 2.05) is 44.2 Å². The maximum Gasteiger partial charge on any atom is 0.252 e. The number of benzene rings is 2. The second-order valence-corrected chi connectivity index (χ2v) is 7.94. The average molecular weight is 421 g/mol. The third kappa shape index (κ3) is 5.06. The number of carbonyl (C=O) groups is 1. The molecule has 0 aliphatic rings. The highest BCUT2D eigenvalue weighted by Gasteiger charge is 2.17. The predicted molar refractivity (Wildman–Crippen MR) is 110 cm³/mol. The topological polar surface area (TPSA) is 55.1 Å². The standard InChI is InChI=1S/C20H18Cl2N2O2S/c1-12-9-15(26-24-12)11-27-19-6-4-3-5-17(19)20(25)23-13(2)16-8-7-14(21)10-18(16)22/h3-10,13H,11H2,1-2H3,(H,23,25). The Bertz CT molecular complexity index is 959. The Hall–Kier alpha value is -1.95. The van der Waals surface area contributed by atoms with Gasteiger partial charge in [0.05, 0.1) is 23.1 Å². The van der Waals surface area contributed by atoms with Gasteiger partial charge in [-0.1, -0.05) is 46.6 Å². The summed E-state index contributed by atoms with van der Waals surface area (Å²) < 4.78 is 5.23. The predicted octanol–water partition coefficient (Wildman–Crippen LogP) is 6.07. The van der Waals surface area contributed by atoms with E-state index >= 15 is 0 Å². The van der Waals surface area contributed by atoms with Crippen LogP contribution in [0.5, 0.6) is 0 Å². The van der Waals surface area contributed by atoms with Gasteiger partial charge in [0, 0.05) is 21.0 Å². The van der Waals surface area contributed by atoms with E-state index in [0.29, 0.717) is 21.4 Å². The van der Waals surface area contributed by atoms with Crippen molar-refractivity contribution in [1.29, 1.82) is 0 Å². The third-order valence-corrected chi connectivity index (χ3v) is 5.61. The molecule has 1 unspecified atom stereocenters. The molecular weight excluding hydrogens is 403 g/mol. The van der Waals surface area contributed by atoms with Crippen LogP contribution in [0, 0.1) is 6.92 Å². The van der Waals surface area contributed by atoms with Crippen LogP contribution in [0.2, 0.25) is 10.0 Å². The fourth-order valence-electron chi connectivity index (χ4n) is 2.62. The highest BCUT2D eigenvalue weighted by atomic mass is 35.5. The van der Waals surface area contributed by atoms with Gasteiger partial charge in [-0.25, -0.2) is 0 Å². The summed E-state index contributed by atoms with van der Waals surface area (Å²) in [6.07, 6.45) is 0. The molecule has 140 valence electrons. The van der Waals surface area contributed by atoms with Crippen LogP contribution < -0.4 is 5.32 Å². The summed E-state index contributed by atoms with van der Waals surface area (Å²) in [6, 6.07) is 14.4. The van der Waals surface area contributed by atoms with Gasteiger partial charge in [0.1, 0.15) is 5.76 Å². The Morgan fingerprint density at radius 2 is 2.00 bits per heavy atom. The fraction of sp³-hybridized carbons (Fsp3) is 0.200. The summed E-state index contributed by atoms with van der Waals surface area (Å²) >= 11 is 13.7. The van der Waals surface area contributed by atoms with Gasteiger partial charge in [0.25, 0.3) is 5.91 Å². The van der Waals surface area contributed by atoms with Crippen LogP contribution >= 0.6 is 35.0 Å². The summed E-state index contributed by atoms with van der Waals surface area (Å²) in [6.45, 7) is 3.77. The molecule has 1 heterocycles. The molecule has 4 nitrogen and oxygen atoms in total. The minimum absolute atomic E-state index is 0.162. The number of nitrogens with zero attached hydrogens (tertiary/aromatic N) is 1. The van der Waals surface area contributed by atoms with E-state index in [-0.39, 0.29) is 11.9 Å². The lowest BCUT2D eigenvalue weighted by molar-refractivity contribution is 0.0937. The molecular formula is C20H18Cl2N2O2S. The third-order valence-electron chi connectivity index (χ3n) is 3.95. The molecule has 7 heteroatoms. The molecule has 1 amide bonds. The zero-order chi connectivity index (χ0) is 19.4. The lowest BCUT2D eigenvalue weighted by atomic mass is 10.1. The lowest BCUT2D eigenvalue weighted by Crippen LogP contribution is -2.27. The van der Waals surface area contributed by atoms with Crippen molar-refractivity contribution in [1.82, 2.24) is 10.5 Å². The molecule has 1 aromatic heterocycles. The van der Waals surface area contributed by atoms with Crippen molar-refractivity contribution in [2.45, 2.75) is 30.5 Å². The summed E-state index contributed by atoms with van der Waals surface area (Å²) in [4.78, 5) is 13.7. The van der Waals surface area contributed by atoms with Crippen LogP contribution in [0.15, 0.2) is 57.9 Å². The molecule has 0 radical (unpaired) electrons. The fourth-order valence-corrected chi connectivity index (χ4v) is 4.12. The highest BCUT2D eigenvalue weighted by molar-refractivity contribution is 7.98. The van der Waals surface area contributed by atoms with Crippen LogP contribution in [0.25, 0.3) is 0 Å². The van der Waals surface area contributed by atoms with Crippen molar-refractivity contribution in [3.05, 3.63) is 81.2 Å². The van der Waals surface area contributed by atoms with Crippen molar-refractivity contribution in [2.24, 2.45) is 0 Å². The quantitative estimate of drug-likeness (QED) is 0.491. The van der Waals surface area contributed by atoms with Gasteiger partial charge in [-0.15, -0.1) is 11.8 Å². The molecule has 2 aromatic carbocycles. The van der Waals surface area contributed by atoms with Crippen molar-refractivity contribution >= 4 is 40.9 Å². The SMILES string of the molecule is Cc1cc(CSc2ccccc2C(=O)NC(C)c2ccc(Cl)cc2Cl)on1. The maximum absolute atomic E-state index is 12.8. The number of hydrogen-bond donors (Lipinski definition) is 1.